The topological polar surface area (TPSA) is 103 Å². The minimum atomic E-state index is -0.370. The molecule has 10 nitrogen and oxygen atoms in total. The number of anilines is 2. The first-order chi connectivity index (χ1) is 20.4. The van der Waals surface area contributed by atoms with Crippen LogP contribution in [0.4, 0.5) is 16.2 Å². The number of morpholine rings is 1. The van der Waals surface area contributed by atoms with Crippen molar-refractivity contribution in [3.63, 3.8) is 0 Å². The quantitative estimate of drug-likeness (QED) is 0.238. The first-order valence-electron chi connectivity index (χ1n) is 13.8. The van der Waals surface area contributed by atoms with Crippen LogP contribution in [-0.4, -0.2) is 69.6 Å². The molecule has 4 aromatic rings. The molecule has 1 aliphatic rings. The summed E-state index contributed by atoms with van der Waals surface area (Å²) >= 11 is 0. The number of rotatable bonds is 10. The summed E-state index contributed by atoms with van der Waals surface area (Å²) in [6.45, 7) is 8.52. The van der Waals surface area contributed by atoms with Gasteiger partial charge < -0.3 is 34.3 Å². The summed E-state index contributed by atoms with van der Waals surface area (Å²) in [6, 6.07) is 16.3. The number of aryl methyl sites for hydroxylation is 2. The Morgan fingerprint density at radius 1 is 0.857 bits per heavy atom. The number of fused-ring (bicyclic) bond motifs is 1. The molecule has 3 aromatic carbocycles. The van der Waals surface area contributed by atoms with Crippen LogP contribution in [0.25, 0.3) is 10.9 Å². The number of nitrogens with one attached hydrogen (secondary N) is 2. The van der Waals surface area contributed by atoms with E-state index in [1.54, 1.807) is 32.5 Å². The molecule has 1 aromatic heterocycles. The van der Waals surface area contributed by atoms with Crippen molar-refractivity contribution in [2.75, 3.05) is 64.3 Å². The summed E-state index contributed by atoms with van der Waals surface area (Å²) in [5.74, 6) is 3.13. The summed E-state index contributed by atoms with van der Waals surface area (Å²) in [5.41, 5.74) is 3.69. The molecular formula is C32H36N4O6. The van der Waals surface area contributed by atoms with Gasteiger partial charge in [0.1, 0.15) is 23.9 Å². The lowest BCUT2D eigenvalue weighted by Crippen LogP contribution is -2.38. The number of hydrogen-bond donors (Lipinski definition) is 2. The van der Waals surface area contributed by atoms with Crippen LogP contribution in [0.3, 0.4) is 0 Å². The van der Waals surface area contributed by atoms with E-state index in [9.17, 15) is 4.79 Å². The molecule has 0 spiro atoms. The van der Waals surface area contributed by atoms with Gasteiger partial charge in [-0.3, -0.25) is 9.88 Å². The number of amides is 2. The highest BCUT2D eigenvalue weighted by molar-refractivity contribution is 6.01. The first kappa shape index (κ1) is 29.0. The van der Waals surface area contributed by atoms with Gasteiger partial charge in [-0.15, -0.1) is 0 Å². The molecule has 0 aliphatic carbocycles. The molecule has 1 saturated heterocycles. The Morgan fingerprint density at radius 2 is 1.62 bits per heavy atom. The van der Waals surface area contributed by atoms with E-state index in [0.29, 0.717) is 46.7 Å². The van der Waals surface area contributed by atoms with Gasteiger partial charge in [0.25, 0.3) is 0 Å². The zero-order valence-electron chi connectivity index (χ0n) is 24.4. The van der Waals surface area contributed by atoms with Crippen molar-refractivity contribution in [2.24, 2.45) is 0 Å². The van der Waals surface area contributed by atoms with Gasteiger partial charge in [0.15, 0.2) is 11.5 Å². The Morgan fingerprint density at radius 3 is 2.40 bits per heavy atom. The van der Waals surface area contributed by atoms with E-state index in [0.717, 1.165) is 54.9 Å². The van der Waals surface area contributed by atoms with Gasteiger partial charge in [-0.2, -0.15) is 0 Å². The third-order valence-corrected chi connectivity index (χ3v) is 7.10. The number of aromatic nitrogens is 1. The highest BCUT2D eigenvalue weighted by Crippen LogP contribution is 2.38. The highest BCUT2D eigenvalue weighted by Gasteiger charge is 2.16. The predicted octanol–water partition coefficient (Wildman–Crippen LogP) is 6.02. The number of pyridine rings is 1. The molecule has 0 saturated carbocycles. The molecule has 1 aliphatic heterocycles. The summed E-state index contributed by atoms with van der Waals surface area (Å²) in [4.78, 5) is 19.6. The summed E-state index contributed by atoms with van der Waals surface area (Å²) in [7, 11) is 3.18. The molecule has 5 rings (SSSR count). The zero-order valence-corrected chi connectivity index (χ0v) is 24.4. The molecule has 2 heterocycles. The molecule has 0 unspecified atom stereocenters. The number of benzene rings is 3. The summed E-state index contributed by atoms with van der Waals surface area (Å²) in [6.07, 6.45) is 1.71. The minimum absolute atomic E-state index is 0.370. The lowest BCUT2D eigenvalue weighted by atomic mass is 10.1. The summed E-state index contributed by atoms with van der Waals surface area (Å²) in [5, 5.41) is 6.55. The average molecular weight is 573 g/mol. The third kappa shape index (κ3) is 6.84. The fourth-order valence-electron chi connectivity index (χ4n) is 4.78. The van der Waals surface area contributed by atoms with Crippen LogP contribution in [0.5, 0.6) is 28.7 Å². The first-order valence-corrected chi connectivity index (χ1v) is 13.8. The van der Waals surface area contributed by atoms with Gasteiger partial charge in [0.2, 0.25) is 0 Å². The number of para-hydroxylation sites is 2. The van der Waals surface area contributed by atoms with E-state index >= 15 is 0 Å². The second-order valence-corrected chi connectivity index (χ2v) is 9.95. The average Bonchev–Trinajstić information content (AvgIpc) is 3.00. The van der Waals surface area contributed by atoms with Crippen LogP contribution in [0.1, 0.15) is 11.1 Å². The largest absolute Gasteiger partial charge is 0.495 e. The third-order valence-electron chi connectivity index (χ3n) is 7.10. The van der Waals surface area contributed by atoms with Crippen molar-refractivity contribution >= 4 is 28.3 Å². The number of ether oxygens (including phenoxy) is 5. The number of methoxy groups -OCH3 is 2. The summed E-state index contributed by atoms with van der Waals surface area (Å²) < 4.78 is 28.9. The van der Waals surface area contributed by atoms with Crippen molar-refractivity contribution in [1.82, 2.24) is 9.88 Å². The van der Waals surface area contributed by atoms with Crippen LogP contribution in [0, 0.1) is 13.8 Å². The standard InChI is InChI=1S/C32H36N4O6/c1-21-18-29(22(2)17-25(21)35-32(37)34-24-7-5-6-8-28(24)38-3)42-27-9-10-33-26-20-31(30(39-4)19-23(26)27)41-16-13-36-11-14-40-15-12-36/h5-10,17-20H,11-16H2,1-4H3,(H2,34,35,37). The van der Waals surface area contributed by atoms with E-state index < -0.39 is 0 Å². The van der Waals surface area contributed by atoms with Crippen LogP contribution >= 0.6 is 0 Å². The Labute approximate surface area is 245 Å². The van der Waals surface area contributed by atoms with Gasteiger partial charge in [0, 0.05) is 43.0 Å². The predicted molar refractivity (Wildman–Crippen MR) is 163 cm³/mol. The number of carbonyl (C=O) groups excluding carboxylic acids is 1. The van der Waals surface area contributed by atoms with E-state index in [4.69, 9.17) is 23.7 Å². The van der Waals surface area contributed by atoms with E-state index in [-0.39, 0.29) is 6.03 Å². The fourth-order valence-corrected chi connectivity index (χ4v) is 4.78. The monoisotopic (exact) mass is 572 g/mol. The molecule has 2 amide bonds. The van der Waals surface area contributed by atoms with Crippen molar-refractivity contribution in [3.05, 3.63) is 71.9 Å². The molecular weight excluding hydrogens is 536 g/mol. The van der Waals surface area contributed by atoms with E-state index in [1.807, 2.05) is 56.3 Å². The second kappa shape index (κ2) is 13.4. The van der Waals surface area contributed by atoms with Crippen molar-refractivity contribution in [3.8, 4) is 28.7 Å². The number of carbonyl (C=O) groups is 1. The lowest BCUT2D eigenvalue weighted by molar-refractivity contribution is 0.0321. The Hall–Kier alpha value is -4.54. The maximum Gasteiger partial charge on any atom is 0.323 e. The van der Waals surface area contributed by atoms with E-state index in [1.165, 1.54) is 0 Å². The van der Waals surface area contributed by atoms with Crippen molar-refractivity contribution < 1.29 is 28.5 Å². The molecule has 10 heteroatoms. The van der Waals surface area contributed by atoms with Gasteiger partial charge in [0.05, 0.1) is 38.6 Å². The Bertz CT molecular complexity index is 1550. The molecule has 1 fully saturated rings. The van der Waals surface area contributed by atoms with Crippen molar-refractivity contribution in [2.45, 2.75) is 13.8 Å². The normalized spacial score (nSPS) is 13.4. The highest BCUT2D eigenvalue weighted by atomic mass is 16.5. The maximum absolute atomic E-state index is 12.7. The number of hydrogen-bond acceptors (Lipinski definition) is 8. The fraction of sp³-hybridized carbons (Fsp3) is 0.312. The SMILES string of the molecule is COc1ccccc1NC(=O)Nc1cc(C)c(Oc2ccnc3cc(OCCN4CCOCC4)c(OC)cc23)cc1C. The van der Waals surface area contributed by atoms with Crippen LogP contribution < -0.4 is 29.6 Å². The van der Waals surface area contributed by atoms with Gasteiger partial charge in [-0.25, -0.2) is 4.79 Å². The number of nitrogens with zero attached hydrogens (tertiary/aromatic N) is 2. The molecule has 42 heavy (non-hydrogen) atoms. The molecule has 0 atom stereocenters. The molecule has 220 valence electrons. The van der Waals surface area contributed by atoms with Crippen LogP contribution in [0.15, 0.2) is 60.8 Å². The Balaban J connectivity index is 1.30. The smallest absolute Gasteiger partial charge is 0.323 e. The molecule has 0 radical (unpaired) electrons. The van der Waals surface area contributed by atoms with Crippen molar-refractivity contribution in [1.29, 1.82) is 0 Å². The van der Waals surface area contributed by atoms with Gasteiger partial charge >= 0.3 is 6.03 Å². The molecule has 0 bridgehead atoms. The zero-order chi connectivity index (χ0) is 29.5. The van der Waals surface area contributed by atoms with Crippen LogP contribution in [-0.2, 0) is 4.74 Å². The lowest BCUT2D eigenvalue weighted by Gasteiger charge is -2.26. The van der Waals surface area contributed by atoms with E-state index in [2.05, 4.69) is 20.5 Å². The maximum atomic E-state index is 12.7. The minimum Gasteiger partial charge on any atom is -0.495 e. The van der Waals surface area contributed by atoms with Gasteiger partial charge in [-0.1, -0.05) is 12.1 Å². The second-order valence-electron chi connectivity index (χ2n) is 9.95. The van der Waals surface area contributed by atoms with Gasteiger partial charge in [-0.05, 0) is 61.4 Å². The Kier molecular flexibility index (Phi) is 9.25. The van der Waals surface area contributed by atoms with Crippen LogP contribution in [0.2, 0.25) is 0 Å². The number of urea groups is 1. The molecule has 2 N–H and O–H groups in total.